The zero-order valence-electron chi connectivity index (χ0n) is 14.2. The van der Waals surface area contributed by atoms with Crippen LogP contribution in [0.4, 0.5) is 0 Å². The maximum atomic E-state index is 13.0. The lowest BCUT2D eigenvalue weighted by Gasteiger charge is -2.31. The van der Waals surface area contributed by atoms with E-state index in [1.807, 2.05) is 33.8 Å². The highest BCUT2D eigenvalue weighted by Crippen LogP contribution is 2.29. The van der Waals surface area contributed by atoms with Crippen LogP contribution in [0, 0.1) is 0 Å². The number of nitrogens with one attached hydrogen (secondary N) is 1. The van der Waals surface area contributed by atoms with E-state index in [0.717, 1.165) is 54.6 Å². The highest BCUT2D eigenvalue weighted by Gasteiger charge is 2.31. The van der Waals surface area contributed by atoms with Crippen molar-refractivity contribution < 1.29 is 4.79 Å². The molecule has 7 heteroatoms. The van der Waals surface area contributed by atoms with Crippen LogP contribution in [0.15, 0.2) is 28.7 Å². The molecule has 0 bridgehead atoms. The van der Waals surface area contributed by atoms with Crippen LogP contribution in [-0.2, 0) is 12.8 Å². The van der Waals surface area contributed by atoms with E-state index in [9.17, 15) is 4.79 Å². The molecule has 1 fully saturated rings. The summed E-state index contributed by atoms with van der Waals surface area (Å²) in [4.78, 5) is 15.0. The molecular formula is C18H22BrClN4O. The number of carbonyl (C=O) groups excluding carboxylic acids is 1. The highest BCUT2D eigenvalue weighted by molar-refractivity contribution is 9.10. The minimum atomic E-state index is 0. The summed E-state index contributed by atoms with van der Waals surface area (Å²) >= 11 is 3.52. The Morgan fingerprint density at radius 1 is 1.36 bits per heavy atom. The number of piperazine rings is 1. The van der Waals surface area contributed by atoms with Crippen molar-refractivity contribution in [3.05, 3.63) is 45.7 Å². The Labute approximate surface area is 162 Å². The van der Waals surface area contributed by atoms with Crippen LogP contribution in [0.5, 0.6) is 0 Å². The van der Waals surface area contributed by atoms with Crippen molar-refractivity contribution >= 4 is 34.2 Å². The molecule has 5 nitrogen and oxygen atoms in total. The summed E-state index contributed by atoms with van der Waals surface area (Å²) in [6, 6.07) is 8.43. The predicted molar refractivity (Wildman–Crippen MR) is 104 cm³/mol. The van der Waals surface area contributed by atoms with Gasteiger partial charge in [0.15, 0.2) is 5.69 Å². The highest BCUT2D eigenvalue weighted by atomic mass is 79.9. The minimum Gasteiger partial charge on any atom is -0.334 e. The van der Waals surface area contributed by atoms with Gasteiger partial charge in [-0.3, -0.25) is 4.79 Å². The molecule has 2 aliphatic rings. The average molecular weight is 426 g/mol. The SMILES string of the molecule is CC1CN(C(=O)c2nn(-c3cccc(Br)c3)c3c2CCC3)CCN1.Cl. The summed E-state index contributed by atoms with van der Waals surface area (Å²) in [7, 11) is 0. The van der Waals surface area contributed by atoms with E-state index < -0.39 is 0 Å². The van der Waals surface area contributed by atoms with Gasteiger partial charge in [-0.1, -0.05) is 22.0 Å². The molecule has 1 aliphatic carbocycles. The van der Waals surface area contributed by atoms with Gasteiger partial charge in [-0.2, -0.15) is 5.10 Å². The summed E-state index contributed by atoms with van der Waals surface area (Å²) in [6.07, 6.45) is 3.03. The summed E-state index contributed by atoms with van der Waals surface area (Å²) in [5.41, 5.74) is 4.00. The first-order chi connectivity index (χ1) is 11.6. The Balaban J connectivity index is 0.00000182. The van der Waals surface area contributed by atoms with E-state index in [-0.39, 0.29) is 18.3 Å². The zero-order chi connectivity index (χ0) is 16.7. The lowest BCUT2D eigenvalue weighted by atomic mass is 10.1. The van der Waals surface area contributed by atoms with Crippen molar-refractivity contribution in [3.8, 4) is 5.69 Å². The van der Waals surface area contributed by atoms with E-state index in [4.69, 9.17) is 5.10 Å². The molecule has 2 aromatic rings. The van der Waals surface area contributed by atoms with Gasteiger partial charge < -0.3 is 10.2 Å². The van der Waals surface area contributed by atoms with Crippen LogP contribution in [0.25, 0.3) is 5.69 Å². The first kappa shape index (κ1) is 18.4. The molecule has 2 heterocycles. The summed E-state index contributed by atoms with van der Waals surface area (Å²) in [6.45, 7) is 4.46. The molecule has 1 aromatic carbocycles. The molecule has 1 atom stereocenters. The van der Waals surface area contributed by atoms with E-state index in [0.29, 0.717) is 11.7 Å². The lowest BCUT2D eigenvalue weighted by Crippen LogP contribution is -2.51. The van der Waals surface area contributed by atoms with Gasteiger partial charge >= 0.3 is 0 Å². The number of carbonyl (C=O) groups is 1. The van der Waals surface area contributed by atoms with E-state index in [2.05, 4.69) is 28.2 Å². The standard InChI is InChI=1S/C18H21BrN4O.ClH/c1-12-11-22(9-8-20-12)18(24)17-15-6-3-7-16(15)23(21-17)14-5-2-4-13(19)10-14;/h2,4-5,10,12,20H,3,6-9,11H2,1H3;1H. The summed E-state index contributed by atoms with van der Waals surface area (Å²) in [5.74, 6) is 0.0789. The van der Waals surface area contributed by atoms with Crippen molar-refractivity contribution in [2.45, 2.75) is 32.2 Å². The van der Waals surface area contributed by atoms with Crippen LogP contribution in [0.3, 0.4) is 0 Å². The van der Waals surface area contributed by atoms with Crippen LogP contribution in [0.1, 0.15) is 35.1 Å². The average Bonchev–Trinajstić information content (AvgIpc) is 3.16. The van der Waals surface area contributed by atoms with Gasteiger partial charge in [-0.05, 0) is 44.4 Å². The van der Waals surface area contributed by atoms with Gasteiger partial charge in [0.05, 0.1) is 5.69 Å². The topological polar surface area (TPSA) is 50.2 Å². The molecule has 0 saturated carbocycles. The third-order valence-corrected chi connectivity index (χ3v) is 5.33. The number of aromatic nitrogens is 2. The second-order valence-corrected chi connectivity index (χ2v) is 7.54. The number of hydrogen-bond donors (Lipinski definition) is 1. The van der Waals surface area contributed by atoms with E-state index >= 15 is 0 Å². The van der Waals surface area contributed by atoms with Crippen LogP contribution >= 0.6 is 28.3 Å². The number of fused-ring (bicyclic) bond motifs is 1. The molecule has 1 unspecified atom stereocenters. The molecule has 1 amide bonds. The van der Waals surface area contributed by atoms with Crippen molar-refractivity contribution in [2.75, 3.05) is 19.6 Å². The molecule has 0 spiro atoms. The molecular weight excluding hydrogens is 404 g/mol. The second-order valence-electron chi connectivity index (χ2n) is 6.63. The Hall–Kier alpha value is -1.37. The Kier molecular flexibility index (Phi) is 5.51. The van der Waals surface area contributed by atoms with Gasteiger partial charge in [-0.25, -0.2) is 4.68 Å². The van der Waals surface area contributed by atoms with Gasteiger partial charge in [-0.15, -0.1) is 12.4 Å². The fraction of sp³-hybridized carbons (Fsp3) is 0.444. The number of amides is 1. The first-order valence-electron chi connectivity index (χ1n) is 8.53. The van der Waals surface area contributed by atoms with Crippen molar-refractivity contribution in [2.24, 2.45) is 0 Å². The number of rotatable bonds is 2. The normalized spacial score (nSPS) is 19.4. The fourth-order valence-corrected chi connectivity index (χ4v) is 4.08. The number of benzene rings is 1. The quantitative estimate of drug-likeness (QED) is 0.805. The molecule has 1 aromatic heterocycles. The lowest BCUT2D eigenvalue weighted by molar-refractivity contribution is 0.0701. The molecule has 0 radical (unpaired) electrons. The summed E-state index contributed by atoms with van der Waals surface area (Å²) < 4.78 is 2.98. The predicted octanol–water partition coefficient (Wildman–Crippen LogP) is 2.98. The zero-order valence-corrected chi connectivity index (χ0v) is 16.6. The maximum absolute atomic E-state index is 13.0. The van der Waals surface area contributed by atoms with Crippen molar-refractivity contribution in [1.82, 2.24) is 20.0 Å². The smallest absolute Gasteiger partial charge is 0.274 e. The van der Waals surface area contributed by atoms with E-state index in [1.165, 1.54) is 5.69 Å². The first-order valence-corrected chi connectivity index (χ1v) is 9.32. The van der Waals surface area contributed by atoms with Gasteiger partial charge in [0.1, 0.15) is 0 Å². The molecule has 1 aliphatic heterocycles. The fourth-order valence-electron chi connectivity index (χ4n) is 3.70. The number of halogens is 2. The van der Waals surface area contributed by atoms with Crippen LogP contribution in [0.2, 0.25) is 0 Å². The third-order valence-electron chi connectivity index (χ3n) is 4.84. The third kappa shape index (κ3) is 3.48. The van der Waals surface area contributed by atoms with Crippen molar-refractivity contribution in [1.29, 1.82) is 0 Å². The minimum absolute atomic E-state index is 0. The van der Waals surface area contributed by atoms with Crippen LogP contribution in [-0.4, -0.2) is 46.3 Å². The monoisotopic (exact) mass is 424 g/mol. The van der Waals surface area contributed by atoms with Crippen LogP contribution < -0.4 is 5.32 Å². The van der Waals surface area contributed by atoms with Crippen molar-refractivity contribution in [3.63, 3.8) is 0 Å². The Bertz CT molecular complexity index is 791. The Morgan fingerprint density at radius 3 is 2.96 bits per heavy atom. The maximum Gasteiger partial charge on any atom is 0.274 e. The largest absolute Gasteiger partial charge is 0.334 e. The molecule has 1 saturated heterocycles. The van der Waals surface area contributed by atoms with E-state index in [1.54, 1.807) is 0 Å². The number of hydrogen-bond acceptors (Lipinski definition) is 3. The summed E-state index contributed by atoms with van der Waals surface area (Å²) in [5, 5.41) is 8.11. The molecule has 1 N–H and O–H groups in total. The van der Waals surface area contributed by atoms with Gasteiger partial charge in [0, 0.05) is 41.4 Å². The molecule has 134 valence electrons. The van der Waals surface area contributed by atoms with Gasteiger partial charge in [0.2, 0.25) is 0 Å². The number of nitrogens with zero attached hydrogens (tertiary/aromatic N) is 3. The second kappa shape index (κ2) is 7.48. The Morgan fingerprint density at radius 2 is 2.20 bits per heavy atom. The molecule has 25 heavy (non-hydrogen) atoms. The molecule has 4 rings (SSSR count). The van der Waals surface area contributed by atoms with Gasteiger partial charge in [0.25, 0.3) is 5.91 Å².